The van der Waals surface area contributed by atoms with E-state index < -0.39 is 0 Å². The van der Waals surface area contributed by atoms with Gasteiger partial charge in [0.15, 0.2) is 5.69 Å². The largest absolute Gasteiger partial charge is 0.348 e. The van der Waals surface area contributed by atoms with Crippen molar-refractivity contribution in [2.45, 2.75) is 18.9 Å². The minimum absolute atomic E-state index is 0.153. The lowest BCUT2D eigenvalue weighted by atomic mass is 10.2. The number of carbonyl (C=O) groups is 1. The van der Waals surface area contributed by atoms with Crippen molar-refractivity contribution in [2.24, 2.45) is 0 Å². The van der Waals surface area contributed by atoms with Gasteiger partial charge in [0.2, 0.25) is 0 Å². The highest BCUT2D eigenvalue weighted by molar-refractivity contribution is 6.05. The number of nitrogens with zero attached hydrogens (tertiary/aromatic N) is 2. The quantitative estimate of drug-likeness (QED) is 0.807. The lowest BCUT2D eigenvalue weighted by molar-refractivity contribution is 0.0947. The van der Waals surface area contributed by atoms with Crippen LogP contribution in [0.1, 0.15) is 23.3 Å². The van der Waals surface area contributed by atoms with Crippen LogP contribution in [-0.2, 0) is 0 Å². The summed E-state index contributed by atoms with van der Waals surface area (Å²) in [6.07, 6.45) is 2.06. The highest BCUT2D eigenvalue weighted by atomic mass is 19.1. The smallest absolute Gasteiger partial charge is 0.272 e. The number of hydrogen-bond donors (Lipinski definition) is 1. The molecule has 22 heavy (non-hydrogen) atoms. The molecular weight excluding hydrogens is 281 g/mol. The van der Waals surface area contributed by atoms with E-state index in [0.29, 0.717) is 5.69 Å². The first-order chi connectivity index (χ1) is 10.7. The molecule has 4 rings (SSSR count). The Bertz CT molecular complexity index is 850. The molecule has 0 spiro atoms. The van der Waals surface area contributed by atoms with Crippen molar-refractivity contribution in [3.63, 3.8) is 0 Å². The first kappa shape index (κ1) is 13.0. The van der Waals surface area contributed by atoms with Crippen molar-refractivity contribution >= 4 is 16.8 Å². The third-order valence-electron chi connectivity index (χ3n) is 3.79. The van der Waals surface area contributed by atoms with Gasteiger partial charge in [0.1, 0.15) is 5.82 Å². The van der Waals surface area contributed by atoms with Crippen LogP contribution in [0.25, 0.3) is 16.6 Å². The maximum absolute atomic E-state index is 13.1. The molecule has 0 saturated heterocycles. The Kier molecular flexibility index (Phi) is 2.92. The molecule has 2 aromatic carbocycles. The first-order valence-corrected chi connectivity index (χ1v) is 7.27. The molecule has 1 heterocycles. The molecule has 1 aliphatic rings. The Balaban J connectivity index is 1.84. The van der Waals surface area contributed by atoms with Crippen LogP contribution in [0.3, 0.4) is 0 Å². The van der Waals surface area contributed by atoms with Gasteiger partial charge in [-0.3, -0.25) is 4.79 Å². The van der Waals surface area contributed by atoms with Crippen LogP contribution in [0, 0.1) is 5.82 Å². The molecule has 1 saturated carbocycles. The number of aromatic nitrogens is 2. The van der Waals surface area contributed by atoms with Gasteiger partial charge < -0.3 is 5.32 Å². The Morgan fingerprint density at radius 3 is 2.59 bits per heavy atom. The number of carbonyl (C=O) groups excluding carboxylic acids is 1. The van der Waals surface area contributed by atoms with E-state index in [0.717, 1.165) is 29.4 Å². The van der Waals surface area contributed by atoms with E-state index in [2.05, 4.69) is 10.4 Å². The zero-order chi connectivity index (χ0) is 15.1. The van der Waals surface area contributed by atoms with Gasteiger partial charge in [-0.15, -0.1) is 0 Å². The van der Waals surface area contributed by atoms with Gasteiger partial charge in [-0.2, -0.15) is 5.10 Å². The Morgan fingerprint density at radius 1 is 1.14 bits per heavy atom. The Labute approximate surface area is 126 Å². The summed E-state index contributed by atoms with van der Waals surface area (Å²) in [6, 6.07) is 13.9. The number of benzene rings is 2. The van der Waals surface area contributed by atoms with Crippen LogP contribution in [0.5, 0.6) is 0 Å². The fourth-order valence-electron chi connectivity index (χ4n) is 2.49. The lowest BCUT2D eigenvalue weighted by Gasteiger charge is -2.02. The van der Waals surface area contributed by atoms with Gasteiger partial charge >= 0.3 is 0 Å². The van der Waals surface area contributed by atoms with E-state index in [1.807, 2.05) is 24.3 Å². The van der Waals surface area contributed by atoms with E-state index in [4.69, 9.17) is 0 Å². The third kappa shape index (κ3) is 2.24. The second kappa shape index (κ2) is 4.94. The highest BCUT2D eigenvalue weighted by Gasteiger charge is 2.26. The molecule has 0 radical (unpaired) electrons. The molecule has 3 aromatic rings. The third-order valence-corrected chi connectivity index (χ3v) is 3.79. The molecule has 0 unspecified atom stereocenters. The van der Waals surface area contributed by atoms with Gasteiger partial charge in [-0.25, -0.2) is 9.07 Å². The number of para-hydroxylation sites is 1. The van der Waals surface area contributed by atoms with Gasteiger partial charge in [0.05, 0.1) is 11.2 Å². The molecule has 1 aromatic heterocycles. The highest BCUT2D eigenvalue weighted by Crippen LogP contribution is 2.24. The number of nitrogens with one attached hydrogen (secondary N) is 1. The van der Waals surface area contributed by atoms with Crippen molar-refractivity contribution in [3.05, 3.63) is 60.0 Å². The zero-order valence-electron chi connectivity index (χ0n) is 11.8. The standard InChI is InChI=1S/C17H14FN3O/c18-11-5-9-13(10-6-11)21-15-4-2-1-3-14(15)16(20-21)17(22)19-12-7-8-12/h1-6,9-10,12H,7-8H2,(H,19,22). The van der Waals surface area contributed by atoms with Crippen LogP contribution in [-0.4, -0.2) is 21.7 Å². The van der Waals surface area contributed by atoms with Gasteiger partial charge in [-0.1, -0.05) is 18.2 Å². The van der Waals surface area contributed by atoms with Gasteiger partial charge in [-0.05, 0) is 43.2 Å². The molecule has 4 nitrogen and oxygen atoms in total. The van der Waals surface area contributed by atoms with E-state index in [1.54, 1.807) is 16.8 Å². The Morgan fingerprint density at radius 2 is 1.86 bits per heavy atom. The fourth-order valence-corrected chi connectivity index (χ4v) is 2.49. The summed E-state index contributed by atoms with van der Waals surface area (Å²) in [5, 5.41) is 8.21. The molecule has 110 valence electrons. The fraction of sp³-hybridized carbons (Fsp3) is 0.176. The number of rotatable bonds is 3. The van der Waals surface area contributed by atoms with Crippen molar-refractivity contribution in [1.82, 2.24) is 15.1 Å². The first-order valence-electron chi connectivity index (χ1n) is 7.27. The monoisotopic (exact) mass is 295 g/mol. The van der Waals surface area contributed by atoms with Crippen LogP contribution in [0.15, 0.2) is 48.5 Å². The average Bonchev–Trinajstić information content (AvgIpc) is 3.26. The summed E-state index contributed by atoms with van der Waals surface area (Å²) >= 11 is 0. The molecule has 1 N–H and O–H groups in total. The van der Waals surface area contributed by atoms with Crippen molar-refractivity contribution < 1.29 is 9.18 Å². The maximum Gasteiger partial charge on any atom is 0.272 e. The van der Waals surface area contributed by atoms with E-state index in [-0.39, 0.29) is 17.8 Å². The average molecular weight is 295 g/mol. The van der Waals surface area contributed by atoms with Crippen molar-refractivity contribution in [1.29, 1.82) is 0 Å². The van der Waals surface area contributed by atoms with E-state index >= 15 is 0 Å². The molecule has 1 aliphatic carbocycles. The summed E-state index contributed by atoms with van der Waals surface area (Å²) in [5.74, 6) is -0.452. The van der Waals surface area contributed by atoms with Crippen molar-refractivity contribution in [2.75, 3.05) is 0 Å². The predicted octanol–water partition coefficient (Wildman–Crippen LogP) is 3.06. The zero-order valence-corrected chi connectivity index (χ0v) is 11.8. The maximum atomic E-state index is 13.1. The second-order valence-electron chi connectivity index (χ2n) is 5.50. The van der Waals surface area contributed by atoms with Gasteiger partial charge in [0.25, 0.3) is 5.91 Å². The summed E-state index contributed by atoms with van der Waals surface area (Å²) in [4.78, 5) is 12.4. The molecular formula is C17H14FN3O. The SMILES string of the molecule is O=C(NC1CC1)c1nn(-c2ccc(F)cc2)c2ccccc12. The minimum atomic E-state index is -0.299. The van der Waals surface area contributed by atoms with Crippen LogP contribution in [0.2, 0.25) is 0 Å². The molecule has 1 amide bonds. The normalized spacial score (nSPS) is 14.2. The van der Waals surface area contributed by atoms with Crippen LogP contribution in [0.4, 0.5) is 4.39 Å². The summed E-state index contributed by atoms with van der Waals surface area (Å²) in [5.41, 5.74) is 1.96. The Hall–Kier alpha value is -2.69. The van der Waals surface area contributed by atoms with Crippen molar-refractivity contribution in [3.8, 4) is 5.69 Å². The number of amides is 1. The summed E-state index contributed by atoms with van der Waals surface area (Å²) in [7, 11) is 0. The molecule has 0 bridgehead atoms. The van der Waals surface area contributed by atoms with Crippen LogP contribution < -0.4 is 5.32 Å². The van der Waals surface area contributed by atoms with Gasteiger partial charge in [0, 0.05) is 11.4 Å². The number of hydrogen-bond acceptors (Lipinski definition) is 2. The predicted molar refractivity (Wildman–Crippen MR) is 81.5 cm³/mol. The molecule has 0 aliphatic heterocycles. The summed E-state index contributed by atoms with van der Waals surface area (Å²) < 4.78 is 14.8. The second-order valence-corrected chi connectivity index (χ2v) is 5.50. The van der Waals surface area contributed by atoms with Crippen LogP contribution >= 0.6 is 0 Å². The van der Waals surface area contributed by atoms with E-state index in [9.17, 15) is 9.18 Å². The lowest BCUT2D eigenvalue weighted by Crippen LogP contribution is -2.26. The molecule has 0 atom stereocenters. The number of fused-ring (bicyclic) bond motifs is 1. The topological polar surface area (TPSA) is 46.9 Å². The molecule has 5 heteroatoms. The molecule has 1 fully saturated rings. The van der Waals surface area contributed by atoms with E-state index in [1.165, 1.54) is 12.1 Å². The summed E-state index contributed by atoms with van der Waals surface area (Å²) in [6.45, 7) is 0. The minimum Gasteiger partial charge on any atom is -0.348 e. The number of halogens is 1.